The van der Waals surface area contributed by atoms with Crippen molar-refractivity contribution in [3.8, 4) is 0 Å². The van der Waals surface area contributed by atoms with Crippen LogP contribution >= 0.6 is 22.9 Å². The molecule has 4 nitrogen and oxygen atoms in total. The standard InChI is InChI=1S/C23H24ClN3OS/c1-16(17-7-9-19(24)10-8-17)27(20-11-12-20)15-21(28)26-22(23-25-13-14-29-23)18-5-3-2-4-6-18/h2-10,13-14,16,20,22H,11-12,15H2,1H3,(H,26,28). The topological polar surface area (TPSA) is 45.2 Å². The van der Waals surface area contributed by atoms with Gasteiger partial charge in [0.25, 0.3) is 0 Å². The second kappa shape index (κ2) is 9.08. The quantitative estimate of drug-likeness (QED) is 0.537. The van der Waals surface area contributed by atoms with E-state index in [9.17, 15) is 4.79 Å². The lowest BCUT2D eigenvalue weighted by atomic mass is 10.1. The van der Waals surface area contributed by atoms with Gasteiger partial charge in [-0.1, -0.05) is 54.1 Å². The Morgan fingerprint density at radius 1 is 1.17 bits per heavy atom. The summed E-state index contributed by atoms with van der Waals surface area (Å²) < 4.78 is 0. The number of benzene rings is 2. The molecule has 0 bridgehead atoms. The number of hydrogen-bond acceptors (Lipinski definition) is 4. The summed E-state index contributed by atoms with van der Waals surface area (Å²) in [5, 5.41) is 6.78. The van der Waals surface area contributed by atoms with Gasteiger partial charge in [-0.15, -0.1) is 11.3 Å². The highest BCUT2D eigenvalue weighted by molar-refractivity contribution is 7.09. The van der Waals surface area contributed by atoms with E-state index in [-0.39, 0.29) is 18.0 Å². The highest BCUT2D eigenvalue weighted by Crippen LogP contribution is 2.34. The van der Waals surface area contributed by atoms with E-state index in [0.717, 1.165) is 28.4 Å². The fourth-order valence-electron chi connectivity index (χ4n) is 3.60. The van der Waals surface area contributed by atoms with Gasteiger partial charge in [0, 0.05) is 28.7 Å². The number of amides is 1. The number of carbonyl (C=O) groups excluding carboxylic acids is 1. The Hall–Kier alpha value is -2.21. The van der Waals surface area contributed by atoms with Crippen LogP contribution in [0.3, 0.4) is 0 Å². The monoisotopic (exact) mass is 425 g/mol. The first kappa shape index (κ1) is 20.1. The average molecular weight is 426 g/mol. The van der Waals surface area contributed by atoms with E-state index in [1.54, 1.807) is 17.5 Å². The summed E-state index contributed by atoms with van der Waals surface area (Å²) in [7, 11) is 0. The van der Waals surface area contributed by atoms with Crippen LogP contribution < -0.4 is 5.32 Å². The van der Waals surface area contributed by atoms with Crippen LogP contribution in [0.5, 0.6) is 0 Å². The number of thiazole rings is 1. The number of rotatable bonds is 8. The molecule has 1 aromatic heterocycles. The highest BCUT2D eigenvalue weighted by atomic mass is 35.5. The van der Waals surface area contributed by atoms with Gasteiger partial charge in [0.15, 0.2) is 0 Å². The molecule has 0 aliphatic heterocycles. The highest BCUT2D eigenvalue weighted by Gasteiger charge is 2.34. The minimum Gasteiger partial charge on any atom is -0.342 e. The van der Waals surface area contributed by atoms with Crippen molar-refractivity contribution in [1.29, 1.82) is 0 Å². The van der Waals surface area contributed by atoms with Gasteiger partial charge in [-0.05, 0) is 43.0 Å². The lowest BCUT2D eigenvalue weighted by Gasteiger charge is -2.29. The zero-order chi connectivity index (χ0) is 20.2. The Bertz CT molecular complexity index is 927. The third-order valence-corrected chi connectivity index (χ3v) is 6.42. The Balaban J connectivity index is 1.49. The first-order valence-electron chi connectivity index (χ1n) is 9.86. The summed E-state index contributed by atoms with van der Waals surface area (Å²) in [4.78, 5) is 19.8. The molecule has 1 aliphatic rings. The van der Waals surface area contributed by atoms with Crippen LogP contribution in [-0.4, -0.2) is 28.4 Å². The molecule has 1 saturated carbocycles. The molecule has 0 radical (unpaired) electrons. The van der Waals surface area contributed by atoms with Crippen LogP contribution in [-0.2, 0) is 4.79 Å². The molecule has 29 heavy (non-hydrogen) atoms. The molecule has 6 heteroatoms. The molecule has 0 spiro atoms. The minimum atomic E-state index is -0.226. The third kappa shape index (κ3) is 5.04. The summed E-state index contributed by atoms with van der Waals surface area (Å²) in [5.41, 5.74) is 2.22. The van der Waals surface area contributed by atoms with Crippen molar-refractivity contribution in [2.45, 2.75) is 37.9 Å². The van der Waals surface area contributed by atoms with Gasteiger partial charge in [-0.25, -0.2) is 4.98 Å². The maximum Gasteiger partial charge on any atom is 0.235 e. The Morgan fingerprint density at radius 2 is 1.90 bits per heavy atom. The van der Waals surface area contributed by atoms with E-state index in [4.69, 9.17) is 11.6 Å². The van der Waals surface area contributed by atoms with Crippen LogP contribution in [0, 0.1) is 0 Å². The van der Waals surface area contributed by atoms with Gasteiger partial charge in [-0.2, -0.15) is 0 Å². The predicted octanol–water partition coefficient (Wildman–Crippen LogP) is 5.23. The van der Waals surface area contributed by atoms with Crippen molar-refractivity contribution >= 4 is 28.8 Å². The predicted molar refractivity (Wildman–Crippen MR) is 118 cm³/mol. The first-order valence-corrected chi connectivity index (χ1v) is 11.1. The van der Waals surface area contributed by atoms with Crippen molar-refractivity contribution in [1.82, 2.24) is 15.2 Å². The molecule has 1 fully saturated rings. The molecular weight excluding hydrogens is 402 g/mol. The van der Waals surface area contributed by atoms with E-state index in [0.29, 0.717) is 12.6 Å². The summed E-state index contributed by atoms with van der Waals surface area (Å²) in [6.45, 7) is 2.52. The smallest absolute Gasteiger partial charge is 0.235 e. The second-order valence-electron chi connectivity index (χ2n) is 7.41. The molecule has 1 aliphatic carbocycles. The lowest BCUT2D eigenvalue weighted by Crippen LogP contribution is -2.41. The Morgan fingerprint density at radius 3 is 2.52 bits per heavy atom. The molecule has 2 aromatic carbocycles. The number of halogens is 1. The van der Waals surface area contributed by atoms with Gasteiger partial charge in [0.2, 0.25) is 5.91 Å². The lowest BCUT2D eigenvalue weighted by molar-refractivity contribution is -0.123. The summed E-state index contributed by atoms with van der Waals surface area (Å²) >= 11 is 7.59. The van der Waals surface area contributed by atoms with E-state index >= 15 is 0 Å². The van der Waals surface area contributed by atoms with Gasteiger partial charge in [0.1, 0.15) is 11.0 Å². The Labute approximate surface area is 180 Å². The van der Waals surface area contributed by atoms with Crippen LogP contribution in [0.15, 0.2) is 66.2 Å². The van der Waals surface area contributed by atoms with Gasteiger partial charge in [-0.3, -0.25) is 9.69 Å². The van der Waals surface area contributed by atoms with E-state index in [1.165, 1.54) is 5.56 Å². The van der Waals surface area contributed by atoms with Crippen LogP contribution in [0.2, 0.25) is 5.02 Å². The number of aromatic nitrogens is 1. The first-order chi connectivity index (χ1) is 14.1. The largest absolute Gasteiger partial charge is 0.342 e. The molecule has 2 unspecified atom stereocenters. The number of nitrogens with one attached hydrogen (secondary N) is 1. The third-order valence-electron chi connectivity index (χ3n) is 5.33. The summed E-state index contributed by atoms with van der Waals surface area (Å²) in [6.07, 6.45) is 4.06. The van der Waals surface area contributed by atoms with Crippen molar-refractivity contribution in [2.75, 3.05) is 6.54 Å². The van der Waals surface area contributed by atoms with Crippen molar-refractivity contribution in [2.24, 2.45) is 0 Å². The summed E-state index contributed by atoms with van der Waals surface area (Å²) in [5.74, 6) is 0.0155. The van der Waals surface area contributed by atoms with E-state index < -0.39 is 0 Å². The second-order valence-corrected chi connectivity index (χ2v) is 8.78. The average Bonchev–Trinajstić information content (AvgIpc) is 3.44. The summed E-state index contributed by atoms with van der Waals surface area (Å²) in [6, 6.07) is 18.3. The van der Waals surface area contributed by atoms with Gasteiger partial charge >= 0.3 is 0 Å². The molecule has 150 valence electrons. The molecule has 0 saturated heterocycles. The van der Waals surface area contributed by atoms with Crippen LogP contribution in [0.1, 0.15) is 48.0 Å². The molecule has 1 heterocycles. The zero-order valence-corrected chi connectivity index (χ0v) is 17.9. The van der Waals surface area contributed by atoms with Gasteiger partial charge < -0.3 is 5.32 Å². The van der Waals surface area contributed by atoms with Crippen LogP contribution in [0.4, 0.5) is 0 Å². The molecule has 4 rings (SSSR count). The normalized spacial score (nSPS) is 15.8. The fraction of sp³-hybridized carbons (Fsp3) is 0.304. The number of hydrogen-bond donors (Lipinski definition) is 1. The minimum absolute atomic E-state index is 0.0155. The number of carbonyl (C=O) groups is 1. The maximum atomic E-state index is 13.1. The Kier molecular flexibility index (Phi) is 6.28. The van der Waals surface area contributed by atoms with E-state index in [1.807, 2.05) is 60.0 Å². The molecule has 1 N–H and O–H groups in total. The maximum absolute atomic E-state index is 13.1. The van der Waals surface area contributed by atoms with Crippen LogP contribution in [0.25, 0.3) is 0 Å². The van der Waals surface area contributed by atoms with Gasteiger partial charge in [0.05, 0.1) is 6.54 Å². The molecular formula is C23H24ClN3OS. The van der Waals surface area contributed by atoms with Crippen molar-refractivity contribution in [3.63, 3.8) is 0 Å². The van der Waals surface area contributed by atoms with E-state index in [2.05, 4.69) is 22.1 Å². The van der Waals surface area contributed by atoms with Crippen molar-refractivity contribution < 1.29 is 4.79 Å². The number of nitrogens with zero attached hydrogens (tertiary/aromatic N) is 2. The molecule has 2 atom stereocenters. The molecule has 1 amide bonds. The zero-order valence-electron chi connectivity index (χ0n) is 16.3. The SMILES string of the molecule is CC(c1ccc(Cl)cc1)N(CC(=O)NC(c1ccccc1)c1nccs1)C1CC1. The fourth-order valence-corrected chi connectivity index (χ4v) is 4.44. The molecule has 3 aromatic rings. The van der Waals surface area contributed by atoms with Crippen molar-refractivity contribution in [3.05, 3.63) is 87.3 Å².